The van der Waals surface area contributed by atoms with Crippen molar-refractivity contribution in [3.8, 4) is 11.5 Å². The van der Waals surface area contributed by atoms with Crippen LogP contribution in [0.25, 0.3) is 0 Å². The van der Waals surface area contributed by atoms with E-state index in [-0.39, 0.29) is 11.3 Å². The van der Waals surface area contributed by atoms with Crippen LogP contribution in [0.15, 0.2) is 18.2 Å². The molecule has 0 saturated carbocycles. The molecule has 0 fully saturated rings. The maximum Gasteiger partial charge on any atom is 0.707 e. The third-order valence-corrected chi connectivity index (χ3v) is 1.57. The van der Waals surface area contributed by atoms with Crippen molar-refractivity contribution in [2.24, 2.45) is 0 Å². The van der Waals surface area contributed by atoms with E-state index in [1.54, 1.807) is 0 Å². The average molecular weight is 232 g/mol. The lowest BCUT2D eigenvalue weighted by Crippen LogP contribution is -2.20. The molecule has 0 unspecified atom stereocenters. The molecule has 5 nitrogen and oxygen atoms in total. The number of ether oxygens (including phenoxy) is 1. The Morgan fingerprint density at radius 3 is 2.56 bits per heavy atom. The second-order valence-electron chi connectivity index (χ2n) is 2.64. The van der Waals surface area contributed by atoms with Crippen molar-refractivity contribution < 1.29 is 33.0 Å². The molecule has 16 heavy (non-hydrogen) atoms. The molecule has 0 heterocycles. The predicted molar refractivity (Wildman–Crippen MR) is 49.3 cm³/mol. The lowest BCUT2D eigenvalue weighted by Gasteiger charge is -2.10. The molecule has 0 spiro atoms. The van der Waals surface area contributed by atoms with Crippen LogP contribution in [0.1, 0.15) is 10.4 Å². The van der Waals surface area contributed by atoms with Crippen LogP contribution in [0.5, 0.6) is 11.5 Å². The quantitative estimate of drug-likeness (QED) is 0.569. The van der Waals surface area contributed by atoms with Gasteiger partial charge in [-0.15, -0.1) is 0 Å². The molecule has 0 aliphatic rings. The molecule has 0 atom stereocenters. The van der Waals surface area contributed by atoms with E-state index in [1.165, 1.54) is 6.07 Å². The molecular weight excluding hydrogens is 225 g/mol. The maximum atomic E-state index is 12.0. The van der Waals surface area contributed by atoms with E-state index in [4.69, 9.17) is 10.0 Å². The Bertz CT molecular complexity index is 371. The van der Waals surface area contributed by atoms with Crippen molar-refractivity contribution in [1.29, 1.82) is 0 Å². The van der Waals surface area contributed by atoms with Crippen molar-refractivity contribution in [2.45, 2.75) is 6.61 Å². The highest BCUT2D eigenvalue weighted by molar-refractivity contribution is 6.33. The molecule has 2 N–H and O–H groups in total. The highest BCUT2D eigenvalue weighted by atomic mass is 19.3. The molecule has 1 aromatic carbocycles. The standard InChI is InChI=1S/C8H7BF2O5/c10-8(11)15-7-3-6(16-9(13)14)2-1-5(7)4-12/h1-4,8,13-14H. The number of halogens is 2. The lowest BCUT2D eigenvalue weighted by atomic mass is 10.2. The van der Waals surface area contributed by atoms with Crippen LogP contribution < -0.4 is 9.39 Å². The molecule has 0 aromatic heterocycles. The average Bonchev–Trinajstić information content (AvgIpc) is 2.16. The number of hydrogen-bond donors (Lipinski definition) is 2. The molecule has 86 valence electrons. The first-order chi connectivity index (χ1) is 7.52. The van der Waals surface area contributed by atoms with Gasteiger partial charge in [0.2, 0.25) is 0 Å². The topological polar surface area (TPSA) is 76.0 Å². The molecule has 0 amide bonds. The molecule has 0 aliphatic heterocycles. The molecule has 1 aromatic rings. The van der Waals surface area contributed by atoms with Crippen molar-refractivity contribution in [2.75, 3.05) is 0 Å². The SMILES string of the molecule is O=Cc1ccc(OB(O)O)cc1OC(F)F. The molecule has 1 rings (SSSR count). The van der Waals surface area contributed by atoms with Gasteiger partial charge >= 0.3 is 13.9 Å². The molecule has 0 bridgehead atoms. The summed E-state index contributed by atoms with van der Waals surface area (Å²) in [5.41, 5.74) is -0.0971. The van der Waals surface area contributed by atoms with Gasteiger partial charge in [-0.25, -0.2) is 0 Å². The number of alkyl halides is 2. The van der Waals surface area contributed by atoms with Gasteiger partial charge in [-0.05, 0) is 12.1 Å². The summed E-state index contributed by atoms with van der Waals surface area (Å²) < 4.78 is 32.4. The highest BCUT2D eigenvalue weighted by Gasteiger charge is 2.15. The van der Waals surface area contributed by atoms with Crippen LogP contribution in [0.2, 0.25) is 0 Å². The zero-order valence-corrected chi connectivity index (χ0v) is 7.84. The van der Waals surface area contributed by atoms with Gasteiger partial charge in [0.25, 0.3) is 0 Å². The summed E-state index contributed by atoms with van der Waals surface area (Å²) in [7, 11) is -2.08. The van der Waals surface area contributed by atoms with Crippen molar-refractivity contribution in [3.05, 3.63) is 23.8 Å². The van der Waals surface area contributed by atoms with E-state index >= 15 is 0 Å². The number of benzene rings is 1. The highest BCUT2D eigenvalue weighted by Crippen LogP contribution is 2.25. The zero-order valence-electron chi connectivity index (χ0n) is 7.84. The second-order valence-corrected chi connectivity index (χ2v) is 2.64. The van der Waals surface area contributed by atoms with E-state index in [0.717, 1.165) is 12.1 Å². The van der Waals surface area contributed by atoms with Gasteiger partial charge in [-0.1, -0.05) is 0 Å². The maximum absolute atomic E-state index is 12.0. The monoisotopic (exact) mass is 232 g/mol. The lowest BCUT2D eigenvalue weighted by molar-refractivity contribution is -0.0501. The summed E-state index contributed by atoms with van der Waals surface area (Å²) in [4.78, 5) is 10.5. The molecule has 8 heteroatoms. The minimum absolute atomic E-state index is 0.0971. The van der Waals surface area contributed by atoms with Gasteiger partial charge in [0.15, 0.2) is 6.29 Å². The molecule has 0 saturated heterocycles. The largest absolute Gasteiger partial charge is 0.707 e. The fourth-order valence-corrected chi connectivity index (χ4v) is 1.01. The summed E-state index contributed by atoms with van der Waals surface area (Å²) >= 11 is 0. The van der Waals surface area contributed by atoms with Crippen LogP contribution in [0.3, 0.4) is 0 Å². The van der Waals surface area contributed by atoms with Gasteiger partial charge < -0.3 is 19.4 Å². The van der Waals surface area contributed by atoms with Gasteiger partial charge in [0.05, 0.1) is 5.56 Å². The minimum atomic E-state index is -3.09. The van der Waals surface area contributed by atoms with E-state index in [9.17, 15) is 13.6 Å². The van der Waals surface area contributed by atoms with Crippen LogP contribution in [-0.2, 0) is 0 Å². The first-order valence-electron chi connectivity index (χ1n) is 4.09. The molecule has 0 radical (unpaired) electrons. The number of hydrogen-bond acceptors (Lipinski definition) is 5. The second kappa shape index (κ2) is 5.43. The summed E-state index contributed by atoms with van der Waals surface area (Å²) in [5, 5.41) is 17.0. The minimum Gasteiger partial charge on any atom is -0.512 e. The van der Waals surface area contributed by atoms with Crippen LogP contribution in [0.4, 0.5) is 8.78 Å². The summed E-state index contributed by atoms with van der Waals surface area (Å²) in [5.74, 6) is -0.514. The fraction of sp³-hybridized carbons (Fsp3) is 0.125. The Morgan fingerprint density at radius 2 is 2.06 bits per heavy atom. The number of rotatable bonds is 5. The Balaban J connectivity index is 2.96. The first kappa shape index (κ1) is 12.4. The summed E-state index contributed by atoms with van der Waals surface area (Å²) in [6.07, 6.45) is 0.330. The third kappa shape index (κ3) is 3.48. The Hall–Kier alpha value is -1.67. The van der Waals surface area contributed by atoms with Gasteiger partial charge in [0, 0.05) is 6.07 Å². The van der Waals surface area contributed by atoms with Gasteiger partial charge in [-0.2, -0.15) is 8.78 Å². The Kier molecular flexibility index (Phi) is 4.21. The normalized spacial score (nSPS) is 10.1. The molecule has 0 aliphatic carbocycles. The Morgan fingerprint density at radius 1 is 1.38 bits per heavy atom. The number of carbonyl (C=O) groups excluding carboxylic acids is 1. The van der Waals surface area contributed by atoms with E-state index in [2.05, 4.69) is 9.39 Å². The van der Waals surface area contributed by atoms with E-state index in [0.29, 0.717) is 6.29 Å². The van der Waals surface area contributed by atoms with Crippen molar-refractivity contribution >= 4 is 13.6 Å². The molecular formula is C8H7BF2O5. The fourth-order valence-electron chi connectivity index (χ4n) is 1.01. The first-order valence-corrected chi connectivity index (χ1v) is 4.09. The number of carbonyl (C=O) groups is 1. The van der Waals surface area contributed by atoms with Crippen molar-refractivity contribution in [3.63, 3.8) is 0 Å². The third-order valence-electron chi connectivity index (χ3n) is 1.57. The van der Waals surface area contributed by atoms with E-state index < -0.39 is 19.7 Å². The van der Waals surface area contributed by atoms with Crippen LogP contribution in [0, 0.1) is 0 Å². The zero-order chi connectivity index (χ0) is 12.1. The van der Waals surface area contributed by atoms with Crippen molar-refractivity contribution in [1.82, 2.24) is 0 Å². The van der Waals surface area contributed by atoms with Crippen LogP contribution >= 0.6 is 0 Å². The van der Waals surface area contributed by atoms with E-state index in [1.807, 2.05) is 0 Å². The summed E-state index contributed by atoms with van der Waals surface area (Å²) in [6, 6.07) is 3.32. The van der Waals surface area contributed by atoms with Gasteiger partial charge in [-0.3, -0.25) is 4.79 Å². The smallest absolute Gasteiger partial charge is 0.512 e. The van der Waals surface area contributed by atoms with Gasteiger partial charge in [0.1, 0.15) is 11.5 Å². The van der Waals surface area contributed by atoms with Crippen LogP contribution in [-0.4, -0.2) is 30.3 Å². The Labute approximate surface area is 89.4 Å². The predicted octanol–water partition coefficient (Wildman–Crippen LogP) is 0.449. The summed E-state index contributed by atoms with van der Waals surface area (Å²) in [6.45, 7) is -3.09. The number of aldehydes is 1.